The van der Waals surface area contributed by atoms with Gasteiger partial charge in [0.2, 0.25) is 5.91 Å². The van der Waals surface area contributed by atoms with Gasteiger partial charge in [-0.05, 0) is 11.5 Å². The van der Waals surface area contributed by atoms with E-state index in [1.807, 2.05) is 44.2 Å². The molecule has 0 spiro atoms. The van der Waals surface area contributed by atoms with Gasteiger partial charge in [0, 0.05) is 32.1 Å². The highest BCUT2D eigenvalue weighted by atomic mass is 16.2. The molecule has 1 saturated heterocycles. The summed E-state index contributed by atoms with van der Waals surface area (Å²) in [4.78, 5) is 24.3. The third-order valence-electron chi connectivity index (χ3n) is 3.96. The fourth-order valence-electron chi connectivity index (χ4n) is 2.35. The predicted molar refractivity (Wildman–Crippen MR) is 89.8 cm³/mol. The SMILES string of the molecule is CC(C)C(NC(=O)NCc1ccccc1)C(=O)NCC1CNC1. The first kappa shape index (κ1) is 17.3. The van der Waals surface area contributed by atoms with Gasteiger partial charge in [0.25, 0.3) is 0 Å². The summed E-state index contributed by atoms with van der Waals surface area (Å²) in [6, 6.07) is 8.81. The maximum absolute atomic E-state index is 12.3. The second kappa shape index (κ2) is 8.53. The molecule has 1 aliphatic heterocycles. The molecule has 4 N–H and O–H groups in total. The molecule has 0 radical (unpaired) electrons. The van der Waals surface area contributed by atoms with Gasteiger partial charge in [-0.25, -0.2) is 4.79 Å². The van der Waals surface area contributed by atoms with Crippen LogP contribution in [0.25, 0.3) is 0 Å². The van der Waals surface area contributed by atoms with Crippen molar-refractivity contribution in [3.63, 3.8) is 0 Å². The summed E-state index contributed by atoms with van der Waals surface area (Å²) in [7, 11) is 0. The minimum atomic E-state index is -0.529. The molecule has 1 fully saturated rings. The Kier molecular flexibility index (Phi) is 6.40. The molecule has 1 atom stereocenters. The monoisotopic (exact) mass is 318 g/mol. The second-order valence-electron chi connectivity index (χ2n) is 6.30. The number of carbonyl (C=O) groups is 2. The van der Waals surface area contributed by atoms with E-state index >= 15 is 0 Å². The van der Waals surface area contributed by atoms with Gasteiger partial charge < -0.3 is 21.3 Å². The lowest BCUT2D eigenvalue weighted by atomic mass is 10.0. The lowest BCUT2D eigenvalue weighted by molar-refractivity contribution is -0.124. The van der Waals surface area contributed by atoms with Crippen molar-refractivity contribution in [2.45, 2.75) is 26.4 Å². The molecule has 1 aromatic carbocycles. The zero-order valence-corrected chi connectivity index (χ0v) is 13.8. The predicted octanol–water partition coefficient (Wildman–Crippen LogP) is 0.846. The van der Waals surface area contributed by atoms with E-state index in [2.05, 4.69) is 21.3 Å². The standard InChI is InChI=1S/C17H26N4O2/c1-12(2)15(16(22)19-11-14-8-18-9-14)21-17(23)20-10-13-6-4-3-5-7-13/h3-7,12,14-15,18H,8-11H2,1-2H3,(H,19,22)(H2,20,21,23). The maximum Gasteiger partial charge on any atom is 0.315 e. The normalized spacial score (nSPS) is 15.6. The molecule has 6 nitrogen and oxygen atoms in total. The van der Waals surface area contributed by atoms with E-state index in [-0.39, 0.29) is 17.9 Å². The third-order valence-corrected chi connectivity index (χ3v) is 3.96. The minimum absolute atomic E-state index is 0.0250. The number of benzene rings is 1. The minimum Gasteiger partial charge on any atom is -0.354 e. The molecule has 3 amide bonds. The average molecular weight is 318 g/mol. The Labute approximate surface area is 137 Å². The van der Waals surface area contributed by atoms with E-state index in [4.69, 9.17) is 0 Å². The second-order valence-corrected chi connectivity index (χ2v) is 6.30. The van der Waals surface area contributed by atoms with Gasteiger partial charge in [0.05, 0.1) is 0 Å². The molecule has 1 aliphatic rings. The van der Waals surface area contributed by atoms with Crippen molar-refractivity contribution in [3.8, 4) is 0 Å². The average Bonchev–Trinajstić information content (AvgIpc) is 2.49. The van der Waals surface area contributed by atoms with Gasteiger partial charge in [0.1, 0.15) is 6.04 Å². The molecule has 1 heterocycles. The molecule has 1 unspecified atom stereocenters. The molecule has 6 heteroatoms. The number of urea groups is 1. The van der Waals surface area contributed by atoms with Crippen LogP contribution in [0.4, 0.5) is 4.79 Å². The number of nitrogens with one attached hydrogen (secondary N) is 4. The summed E-state index contributed by atoms with van der Waals surface area (Å²) in [5, 5.41) is 11.6. The quantitative estimate of drug-likeness (QED) is 0.601. The van der Waals surface area contributed by atoms with E-state index in [0.29, 0.717) is 19.0 Å². The molecule has 126 valence electrons. The first-order chi connectivity index (χ1) is 11.1. The van der Waals surface area contributed by atoms with Crippen LogP contribution in [0, 0.1) is 11.8 Å². The van der Waals surface area contributed by atoms with Crippen LogP contribution in [-0.2, 0) is 11.3 Å². The van der Waals surface area contributed by atoms with Crippen LogP contribution in [0.15, 0.2) is 30.3 Å². The largest absolute Gasteiger partial charge is 0.354 e. The van der Waals surface area contributed by atoms with Crippen molar-refractivity contribution in [1.82, 2.24) is 21.3 Å². The Morgan fingerprint density at radius 1 is 1.17 bits per heavy atom. The summed E-state index contributed by atoms with van der Waals surface area (Å²) < 4.78 is 0. The van der Waals surface area contributed by atoms with E-state index in [1.54, 1.807) is 0 Å². The number of hydrogen-bond donors (Lipinski definition) is 4. The number of amides is 3. The number of hydrogen-bond acceptors (Lipinski definition) is 3. The molecule has 23 heavy (non-hydrogen) atoms. The van der Waals surface area contributed by atoms with Gasteiger partial charge in [-0.1, -0.05) is 44.2 Å². The Balaban J connectivity index is 1.77. The molecule has 0 aliphatic carbocycles. The summed E-state index contributed by atoms with van der Waals surface area (Å²) in [6.07, 6.45) is 0. The van der Waals surface area contributed by atoms with Crippen LogP contribution in [-0.4, -0.2) is 37.6 Å². The fraction of sp³-hybridized carbons (Fsp3) is 0.529. The molecule has 0 aromatic heterocycles. The van der Waals surface area contributed by atoms with Crippen LogP contribution < -0.4 is 21.3 Å². The van der Waals surface area contributed by atoms with E-state index in [1.165, 1.54) is 0 Å². The van der Waals surface area contributed by atoms with Crippen LogP contribution in [0.5, 0.6) is 0 Å². The lowest BCUT2D eigenvalue weighted by Crippen LogP contribution is -2.55. The van der Waals surface area contributed by atoms with Gasteiger partial charge in [0.15, 0.2) is 0 Å². The van der Waals surface area contributed by atoms with Crippen molar-refractivity contribution < 1.29 is 9.59 Å². The van der Waals surface area contributed by atoms with Crippen LogP contribution in [0.1, 0.15) is 19.4 Å². The zero-order chi connectivity index (χ0) is 16.7. The Hall–Kier alpha value is -2.08. The Morgan fingerprint density at radius 2 is 1.87 bits per heavy atom. The molecular formula is C17H26N4O2. The number of rotatable bonds is 7. The summed E-state index contributed by atoms with van der Waals surface area (Å²) >= 11 is 0. The molecule has 0 saturated carbocycles. The zero-order valence-electron chi connectivity index (χ0n) is 13.8. The topological polar surface area (TPSA) is 82.3 Å². The molecule has 1 aromatic rings. The summed E-state index contributed by atoms with van der Waals surface area (Å²) in [5.74, 6) is 0.400. The highest BCUT2D eigenvalue weighted by molar-refractivity contribution is 5.87. The third kappa shape index (κ3) is 5.56. The van der Waals surface area contributed by atoms with Crippen molar-refractivity contribution in [1.29, 1.82) is 0 Å². The van der Waals surface area contributed by atoms with Gasteiger partial charge >= 0.3 is 6.03 Å². The first-order valence-corrected chi connectivity index (χ1v) is 8.13. The van der Waals surface area contributed by atoms with Crippen LogP contribution in [0.2, 0.25) is 0 Å². The Bertz CT molecular complexity index is 515. The summed E-state index contributed by atoms with van der Waals surface area (Å²) in [5.41, 5.74) is 1.02. The highest BCUT2D eigenvalue weighted by Gasteiger charge is 2.25. The van der Waals surface area contributed by atoms with Crippen molar-refractivity contribution >= 4 is 11.9 Å². The van der Waals surface area contributed by atoms with E-state index in [9.17, 15) is 9.59 Å². The molecular weight excluding hydrogens is 292 g/mol. The van der Waals surface area contributed by atoms with Crippen molar-refractivity contribution in [3.05, 3.63) is 35.9 Å². The van der Waals surface area contributed by atoms with Gasteiger partial charge in [-0.3, -0.25) is 4.79 Å². The fourth-order valence-corrected chi connectivity index (χ4v) is 2.35. The Morgan fingerprint density at radius 3 is 2.43 bits per heavy atom. The van der Waals surface area contributed by atoms with Crippen LogP contribution in [0.3, 0.4) is 0 Å². The van der Waals surface area contributed by atoms with E-state index in [0.717, 1.165) is 18.7 Å². The van der Waals surface area contributed by atoms with E-state index < -0.39 is 6.04 Å². The summed E-state index contributed by atoms with van der Waals surface area (Å²) in [6.45, 7) is 6.82. The highest BCUT2D eigenvalue weighted by Crippen LogP contribution is 2.04. The smallest absolute Gasteiger partial charge is 0.315 e. The van der Waals surface area contributed by atoms with Crippen molar-refractivity contribution in [2.24, 2.45) is 11.8 Å². The number of carbonyl (C=O) groups excluding carboxylic acids is 2. The van der Waals surface area contributed by atoms with Gasteiger partial charge in [-0.15, -0.1) is 0 Å². The molecule has 0 bridgehead atoms. The van der Waals surface area contributed by atoms with Gasteiger partial charge in [-0.2, -0.15) is 0 Å². The molecule has 2 rings (SSSR count). The van der Waals surface area contributed by atoms with Crippen molar-refractivity contribution in [2.75, 3.05) is 19.6 Å². The maximum atomic E-state index is 12.3. The lowest BCUT2D eigenvalue weighted by Gasteiger charge is -2.29. The first-order valence-electron chi connectivity index (χ1n) is 8.13. The van der Waals surface area contributed by atoms with Crippen LogP contribution >= 0.6 is 0 Å².